The summed E-state index contributed by atoms with van der Waals surface area (Å²) in [4.78, 5) is 14.5. The highest BCUT2D eigenvalue weighted by Crippen LogP contribution is 2.29. The predicted molar refractivity (Wildman–Crippen MR) is 96.9 cm³/mol. The predicted octanol–water partition coefficient (Wildman–Crippen LogP) is 1.73. The standard InChI is InChI=1S/C18H26N2O5S/c1-24-16-7-6-15(18(21)19-10-12-25-13-11-19)14-17(16)26(22,23)20-8-4-2-3-5-9-20/h6-7,14H,2-5,8-13H2,1H3. The van der Waals surface area contributed by atoms with Gasteiger partial charge in [-0.1, -0.05) is 12.8 Å². The maximum Gasteiger partial charge on any atom is 0.254 e. The molecule has 8 heteroatoms. The molecule has 7 nitrogen and oxygen atoms in total. The lowest BCUT2D eigenvalue weighted by Gasteiger charge is -2.27. The molecule has 0 aliphatic carbocycles. The van der Waals surface area contributed by atoms with Gasteiger partial charge < -0.3 is 14.4 Å². The van der Waals surface area contributed by atoms with E-state index in [4.69, 9.17) is 9.47 Å². The lowest BCUT2D eigenvalue weighted by molar-refractivity contribution is 0.0302. The number of carbonyl (C=O) groups is 1. The van der Waals surface area contributed by atoms with Crippen LogP contribution in [0.25, 0.3) is 0 Å². The van der Waals surface area contributed by atoms with Crippen molar-refractivity contribution in [1.82, 2.24) is 9.21 Å². The molecular weight excluding hydrogens is 356 g/mol. The van der Waals surface area contributed by atoms with Gasteiger partial charge >= 0.3 is 0 Å². The Hall–Kier alpha value is -1.64. The van der Waals surface area contributed by atoms with Crippen molar-refractivity contribution in [2.24, 2.45) is 0 Å². The van der Waals surface area contributed by atoms with Crippen LogP contribution in [0.5, 0.6) is 5.75 Å². The quantitative estimate of drug-likeness (QED) is 0.793. The van der Waals surface area contributed by atoms with E-state index in [2.05, 4.69) is 0 Å². The fourth-order valence-corrected chi connectivity index (χ4v) is 5.08. The van der Waals surface area contributed by atoms with E-state index in [1.165, 1.54) is 17.5 Å². The maximum atomic E-state index is 13.2. The van der Waals surface area contributed by atoms with E-state index in [0.29, 0.717) is 45.0 Å². The number of hydrogen-bond acceptors (Lipinski definition) is 5. The molecule has 1 aromatic carbocycles. The molecule has 2 saturated heterocycles. The molecule has 1 amide bonds. The molecule has 0 atom stereocenters. The Bertz CT molecular complexity index is 736. The molecule has 0 aromatic heterocycles. The number of morpholine rings is 1. The van der Waals surface area contributed by atoms with Gasteiger partial charge in [0.25, 0.3) is 5.91 Å². The van der Waals surface area contributed by atoms with Crippen molar-refractivity contribution in [1.29, 1.82) is 0 Å². The van der Waals surface area contributed by atoms with E-state index >= 15 is 0 Å². The molecule has 144 valence electrons. The second-order valence-corrected chi connectivity index (χ2v) is 8.49. The zero-order chi connectivity index (χ0) is 18.6. The summed E-state index contributed by atoms with van der Waals surface area (Å²) < 4.78 is 38.4. The molecule has 0 radical (unpaired) electrons. The molecule has 26 heavy (non-hydrogen) atoms. The minimum absolute atomic E-state index is 0.0704. The number of sulfonamides is 1. The van der Waals surface area contributed by atoms with Gasteiger partial charge in [0.1, 0.15) is 10.6 Å². The van der Waals surface area contributed by atoms with Gasteiger partial charge in [0.2, 0.25) is 10.0 Å². The first-order chi connectivity index (χ1) is 12.5. The molecule has 0 unspecified atom stereocenters. The van der Waals surface area contributed by atoms with E-state index < -0.39 is 10.0 Å². The van der Waals surface area contributed by atoms with Gasteiger partial charge in [0, 0.05) is 31.7 Å². The van der Waals surface area contributed by atoms with E-state index in [1.807, 2.05) is 0 Å². The molecule has 2 heterocycles. The largest absolute Gasteiger partial charge is 0.495 e. The first kappa shape index (κ1) is 19.1. The third kappa shape index (κ3) is 4.02. The topological polar surface area (TPSA) is 76.1 Å². The summed E-state index contributed by atoms with van der Waals surface area (Å²) >= 11 is 0. The average molecular weight is 382 g/mol. The minimum Gasteiger partial charge on any atom is -0.495 e. The number of rotatable bonds is 4. The highest BCUT2D eigenvalue weighted by molar-refractivity contribution is 7.89. The first-order valence-corrected chi connectivity index (χ1v) is 10.5. The number of hydrogen-bond donors (Lipinski definition) is 0. The number of methoxy groups -OCH3 is 1. The van der Waals surface area contributed by atoms with Crippen LogP contribution in [0.2, 0.25) is 0 Å². The van der Waals surface area contributed by atoms with Gasteiger partial charge in [-0.25, -0.2) is 8.42 Å². The van der Waals surface area contributed by atoms with Crippen LogP contribution < -0.4 is 4.74 Å². The van der Waals surface area contributed by atoms with E-state index in [0.717, 1.165) is 25.7 Å². The second-order valence-electron chi connectivity index (χ2n) is 6.59. The zero-order valence-electron chi connectivity index (χ0n) is 15.1. The Morgan fingerprint density at radius 1 is 1.04 bits per heavy atom. The van der Waals surface area contributed by atoms with E-state index in [9.17, 15) is 13.2 Å². The van der Waals surface area contributed by atoms with Crippen molar-refractivity contribution in [3.05, 3.63) is 23.8 Å². The molecule has 0 N–H and O–H groups in total. The van der Waals surface area contributed by atoms with Crippen LogP contribution in [0.1, 0.15) is 36.0 Å². The van der Waals surface area contributed by atoms with Crippen molar-refractivity contribution >= 4 is 15.9 Å². The van der Waals surface area contributed by atoms with Gasteiger partial charge in [-0.15, -0.1) is 0 Å². The normalized spacial score (nSPS) is 19.8. The van der Waals surface area contributed by atoms with Gasteiger partial charge in [-0.05, 0) is 31.0 Å². The first-order valence-electron chi connectivity index (χ1n) is 9.09. The summed E-state index contributed by atoms with van der Waals surface area (Å²) in [6.07, 6.45) is 3.79. The van der Waals surface area contributed by atoms with E-state index in [-0.39, 0.29) is 16.6 Å². The van der Waals surface area contributed by atoms with Crippen LogP contribution in [-0.4, -0.2) is 70.0 Å². The van der Waals surface area contributed by atoms with Crippen molar-refractivity contribution in [2.75, 3.05) is 46.5 Å². The molecule has 0 saturated carbocycles. The van der Waals surface area contributed by atoms with Crippen LogP contribution in [0.3, 0.4) is 0 Å². The fraction of sp³-hybridized carbons (Fsp3) is 0.611. The summed E-state index contributed by atoms with van der Waals surface area (Å²) in [5.74, 6) is 0.0936. The maximum absolute atomic E-state index is 13.2. The highest BCUT2D eigenvalue weighted by atomic mass is 32.2. The molecule has 2 fully saturated rings. The molecule has 3 rings (SSSR count). The molecule has 0 spiro atoms. The smallest absolute Gasteiger partial charge is 0.254 e. The van der Waals surface area contributed by atoms with Gasteiger partial charge in [0.05, 0.1) is 20.3 Å². The molecular formula is C18H26N2O5S. The molecule has 2 aliphatic heterocycles. The minimum atomic E-state index is -3.70. The van der Waals surface area contributed by atoms with Gasteiger partial charge in [-0.3, -0.25) is 4.79 Å². The Kier molecular flexibility index (Phi) is 6.16. The van der Waals surface area contributed by atoms with Crippen LogP contribution in [0.15, 0.2) is 23.1 Å². The van der Waals surface area contributed by atoms with E-state index in [1.54, 1.807) is 17.0 Å². The highest BCUT2D eigenvalue weighted by Gasteiger charge is 2.30. The number of amides is 1. The lowest BCUT2D eigenvalue weighted by atomic mass is 10.2. The van der Waals surface area contributed by atoms with Crippen LogP contribution >= 0.6 is 0 Å². The second kappa shape index (κ2) is 8.37. The van der Waals surface area contributed by atoms with Crippen LogP contribution in [0.4, 0.5) is 0 Å². The third-order valence-electron chi connectivity index (χ3n) is 4.89. The Morgan fingerprint density at radius 2 is 1.69 bits per heavy atom. The van der Waals surface area contributed by atoms with Crippen molar-refractivity contribution in [3.63, 3.8) is 0 Å². The Balaban J connectivity index is 1.93. The SMILES string of the molecule is COc1ccc(C(=O)N2CCOCC2)cc1S(=O)(=O)N1CCCCCC1. The van der Waals surface area contributed by atoms with Crippen molar-refractivity contribution in [2.45, 2.75) is 30.6 Å². The van der Waals surface area contributed by atoms with Crippen molar-refractivity contribution in [3.8, 4) is 5.75 Å². The van der Waals surface area contributed by atoms with Crippen LogP contribution in [0, 0.1) is 0 Å². The summed E-state index contributed by atoms with van der Waals surface area (Å²) in [7, 11) is -2.26. The zero-order valence-corrected chi connectivity index (χ0v) is 16.0. The number of ether oxygens (including phenoxy) is 2. The van der Waals surface area contributed by atoms with Gasteiger partial charge in [0.15, 0.2) is 0 Å². The number of benzene rings is 1. The van der Waals surface area contributed by atoms with Crippen LogP contribution in [-0.2, 0) is 14.8 Å². The molecule has 1 aromatic rings. The van der Waals surface area contributed by atoms with Gasteiger partial charge in [-0.2, -0.15) is 4.31 Å². The molecule has 2 aliphatic rings. The summed E-state index contributed by atoms with van der Waals surface area (Å²) in [5, 5.41) is 0. The summed E-state index contributed by atoms with van der Waals surface area (Å²) in [6, 6.07) is 4.65. The van der Waals surface area contributed by atoms with Crippen molar-refractivity contribution < 1.29 is 22.7 Å². The number of carbonyl (C=O) groups excluding carboxylic acids is 1. The Morgan fingerprint density at radius 3 is 2.31 bits per heavy atom. The Labute approximate surface area is 154 Å². The third-order valence-corrected chi connectivity index (χ3v) is 6.81. The summed E-state index contributed by atoms with van der Waals surface area (Å²) in [5.41, 5.74) is 0.362. The lowest BCUT2D eigenvalue weighted by Crippen LogP contribution is -2.40. The average Bonchev–Trinajstić information content (AvgIpc) is 2.97. The molecule has 0 bridgehead atoms. The summed E-state index contributed by atoms with van der Waals surface area (Å²) in [6.45, 7) is 3.04. The number of nitrogens with zero attached hydrogens (tertiary/aromatic N) is 2. The monoisotopic (exact) mass is 382 g/mol. The fourth-order valence-electron chi connectivity index (χ4n) is 3.38.